The van der Waals surface area contributed by atoms with Crippen molar-refractivity contribution in [2.75, 3.05) is 18.5 Å². The molecule has 38 heavy (non-hydrogen) atoms. The number of rotatable bonds is 10. The van der Waals surface area contributed by atoms with Crippen molar-refractivity contribution in [3.63, 3.8) is 0 Å². The van der Waals surface area contributed by atoms with Gasteiger partial charge in [0, 0.05) is 6.04 Å². The van der Waals surface area contributed by atoms with Gasteiger partial charge in [0.05, 0.1) is 31.2 Å². The Morgan fingerprint density at radius 2 is 2.03 bits per heavy atom. The van der Waals surface area contributed by atoms with Crippen molar-refractivity contribution in [1.29, 1.82) is 0 Å². The van der Waals surface area contributed by atoms with Crippen LogP contribution in [0.5, 0.6) is 0 Å². The van der Waals surface area contributed by atoms with Crippen molar-refractivity contribution in [2.24, 2.45) is 0 Å². The standard InChI is InChI=1S/C19H27ClN9O8P/c20-18-23-15(22-9-3-1-2-4-9)10-6-21-29(16(10)24-18)17-14(32)13(31)11(37-17)7-36-19(8-30,38(33,34)35)5-12-25-27-28-26-12/h6,9,11,13-14,17,30-32H,1-5,7-8H2,(H,22,23,24)(H2,33,34,35)(H,25,26,27,28)/t11-,13-,14-,17-,19-/m1/s1. The molecule has 208 valence electrons. The van der Waals surface area contributed by atoms with E-state index in [4.69, 9.17) is 21.1 Å². The van der Waals surface area contributed by atoms with E-state index in [1.54, 1.807) is 0 Å². The normalized spacial score (nSPS) is 26.3. The summed E-state index contributed by atoms with van der Waals surface area (Å²) in [5, 5.41) is 49.7. The van der Waals surface area contributed by atoms with Crippen molar-refractivity contribution in [1.82, 2.24) is 40.4 Å². The minimum atomic E-state index is -5.11. The second-order valence-electron chi connectivity index (χ2n) is 9.30. The molecular weight excluding hydrogens is 549 g/mol. The molecule has 0 aromatic carbocycles. The largest absolute Gasteiger partial charge is 0.393 e. The van der Waals surface area contributed by atoms with E-state index in [1.165, 1.54) is 10.9 Å². The van der Waals surface area contributed by atoms with Crippen LogP contribution >= 0.6 is 19.2 Å². The first-order chi connectivity index (χ1) is 18.1. The number of tetrazole rings is 1. The molecule has 2 aliphatic rings. The number of aromatic amines is 1. The van der Waals surface area contributed by atoms with Crippen LogP contribution in [0.1, 0.15) is 37.7 Å². The van der Waals surface area contributed by atoms with Crippen LogP contribution in [0, 0.1) is 0 Å². The molecule has 1 aliphatic heterocycles. The molecule has 1 saturated heterocycles. The number of nitrogens with one attached hydrogen (secondary N) is 2. The first-order valence-corrected chi connectivity index (χ1v) is 13.8. The van der Waals surface area contributed by atoms with Crippen molar-refractivity contribution in [2.45, 2.75) is 68.0 Å². The van der Waals surface area contributed by atoms with Gasteiger partial charge in [-0.2, -0.15) is 20.3 Å². The van der Waals surface area contributed by atoms with Crippen LogP contribution in [-0.2, 0) is 20.5 Å². The van der Waals surface area contributed by atoms with Gasteiger partial charge in [-0.1, -0.05) is 18.1 Å². The SMILES string of the molecule is O=P(O)(O)[C@@](CO)(Cc1nn[nH]n1)OC[C@H]1O[C@@H](n2ncc3c(NC4CCCC4)nc(Cl)nc32)[C@H](O)[C@@H]1O. The highest BCUT2D eigenvalue weighted by Gasteiger charge is 2.52. The molecule has 7 N–H and O–H groups in total. The molecule has 2 fully saturated rings. The van der Waals surface area contributed by atoms with Gasteiger partial charge >= 0.3 is 7.60 Å². The maximum absolute atomic E-state index is 12.3. The predicted molar refractivity (Wildman–Crippen MR) is 128 cm³/mol. The number of aliphatic hydroxyl groups excluding tert-OH is 3. The maximum atomic E-state index is 12.3. The zero-order chi connectivity index (χ0) is 27.1. The molecule has 4 heterocycles. The van der Waals surface area contributed by atoms with E-state index in [1.807, 2.05) is 0 Å². The van der Waals surface area contributed by atoms with E-state index in [9.17, 15) is 29.7 Å². The van der Waals surface area contributed by atoms with Gasteiger partial charge in [-0.05, 0) is 24.4 Å². The Morgan fingerprint density at radius 1 is 1.26 bits per heavy atom. The molecule has 0 unspecified atom stereocenters. The van der Waals surface area contributed by atoms with E-state index >= 15 is 0 Å². The van der Waals surface area contributed by atoms with Gasteiger partial charge in [0.15, 0.2) is 23.0 Å². The summed E-state index contributed by atoms with van der Waals surface area (Å²) in [5.74, 6) is 0.372. The van der Waals surface area contributed by atoms with Crippen molar-refractivity contribution in [3.8, 4) is 0 Å². The molecule has 5 atom stereocenters. The number of nitrogens with zero attached hydrogens (tertiary/aromatic N) is 7. The highest BCUT2D eigenvalue weighted by atomic mass is 35.5. The Balaban J connectivity index is 1.36. The zero-order valence-corrected chi connectivity index (χ0v) is 21.5. The lowest BCUT2D eigenvalue weighted by Gasteiger charge is -2.32. The third-order valence-electron chi connectivity index (χ3n) is 6.82. The minimum Gasteiger partial charge on any atom is -0.393 e. The second kappa shape index (κ2) is 10.7. The predicted octanol–water partition coefficient (Wildman–Crippen LogP) is -0.908. The molecule has 19 heteroatoms. The van der Waals surface area contributed by atoms with Gasteiger partial charge in [-0.3, -0.25) is 4.57 Å². The summed E-state index contributed by atoms with van der Waals surface area (Å²) in [4.78, 5) is 28.4. The second-order valence-corrected chi connectivity index (χ2v) is 11.5. The molecule has 5 rings (SSSR count). The number of fused-ring (bicyclic) bond motifs is 1. The Hall–Kier alpha value is -2.34. The summed E-state index contributed by atoms with van der Waals surface area (Å²) in [5.41, 5.74) is 0.250. The molecule has 1 saturated carbocycles. The maximum Gasteiger partial charge on any atom is 0.359 e. The molecule has 17 nitrogen and oxygen atoms in total. The Labute approximate surface area is 219 Å². The average molecular weight is 576 g/mol. The number of ether oxygens (including phenoxy) is 2. The zero-order valence-electron chi connectivity index (χ0n) is 19.8. The molecule has 0 radical (unpaired) electrons. The van der Waals surface area contributed by atoms with E-state index in [0.29, 0.717) is 11.2 Å². The van der Waals surface area contributed by atoms with E-state index in [2.05, 4.69) is 41.0 Å². The van der Waals surface area contributed by atoms with Gasteiger partial charge in [-0.15, -0.1) is 10.2 Å². The summed E-state index contributed by atoms with van der Waals surface area (Å²) in [6.45, 7) is -1.71. The van der Waals surface area contributed by atoms with Crippen LogP contribution in [-0.4, -0.2) is 108 Å². The summed E-state index contributed by atoms with van der Waals surface area (Å²) in [7, 11) is -5.11. The van der Waals surface area contributed by atoms with Crippen molar-refractivity contribution >= 4 is 36.0 Å². The lowest BCUT2D eigenvalue weighted by Crippen LogP contribution is -2.43. The highest BCUT2D eigenvalue weighted by molar-refractivity contribution is 7.53. The number of hydrogen-bond acceptors (Lipinski definition) is 13. The number of H-pyrrole nitrogens is 1. The van der Waals surface area contributed by atoms with E-state index in [-0.39, 0.29) is 22.8 Å². The van der Waals surface area contributed by atoms with Crippen LogP contribution in [0.25, 0.3) is 11.0 Å². The van der Waals surface area contributed by atoms with Gasteiger partial charge in [0.2, 0.25) is 5.28 Å². The molecule has 3 aromatic rings. The summed E-state index contributed by atoms with van der Waals surface area (Å²) < 4.78 is 24.8. The van der Waals surface area contributed by atoms with Crippen LogP contribution in [0.15, 0.2) is 6.20 Å². The monoisotopic (exact) mass is 575 g/mol. The van der Waals surface area contributed by atoms with Gasteiger partial charge < -0.3 is 39.9 Å². The van der Waals surface area contributed by atoms with E-state index in [0.717, 1.165) is 25.7 Å². The van der Waals surface area contributed by atoms with Gasteiger partial charge in [0.1, 0.15) is 24.1 Å². The topological polar surface area (TPSA) is 247 Å². The van der Waals surface area contributed by atoms with Crippen molar-refractivity contribution in [3.05, 3.63) is 17.3 Å². The van der Waals surface area contributed by atoms with Crippen LogP contribution in [0.3, 0.4) is 0 Å². The molecule has 0 bridgehead atoms. The Morgan fingerprint density at radius 3 is 2.68 bits per heavy atom. The fraction of sp³-hybridized carbons (Fsp3) is 0.684. The Kier molecular flexibility index (Phi) is 7.65. The third kappa shape index (κ3) is 5.13. The fourth-order valence-corrected chi connectivity index (χ4v) is 5.64. The van der Waals surface area contributed by atoms with Crippen LogP contribution in [0.4, 0.5) is 5.82 Å². The van der Waals surface area contributed by atoms with E-state index < -0.39 is 57.1 Å². The summed E-state index contributed by atoms with van der Waals surface area (Å²) >= 11 is 6.16. The Bertz CT molecular complexity index is 1300. The van der Waals surface area contributed by atoms with Crippen LogP contribution in [0.2, 0.25) is 5.28 Å². The summed E-state index contributed by atoms with van der Waals surface area (Å²) in [6.07, 6.45) is -0.442. The lowest BCUT2D eigenvalue weighted by molar-refractivity contribution is -0.109. The molecule has 0 spiro atoms. The molecule has 1 aliphatic carbocycles. The number of hydrogen-bond donors (Lipinski definition) is 7. The average Bonchev–Trinajstić information content (AvgIpc) is 3.67. The quantitative estimate of drug-likeness (QED) is 0.114. The fourth-order valence-electron chi connectivity index (χ4n) is 4.70. The van der Waals surface area contributed by atoms with Crippen LogP contribution < -0.4 is 5.32 Å². The first-order valence-electron chi connectivity index (χ1n) is 11.8. The minimum absolute atomic E-state index is 0.0523. The lowest BCUT2D eigenvalue weighted by atomic mass is 10.1. The smallest absolute Gasteiger partial charge is 0.359 e. The van der Waals surface area contributed by atoms with Gasteiger partial charge in [-0.25, -0.2) is 4.68 Å². The highest BCUT2D eigenvalue weighted by Crippen LogP contribution is 2.53. The number of aliphatic hydroxyl groups is 3. The molecule has 3 aromatic heterocycles. The van der Waals surface area contributed by atoms with Gasteiger partial charge in [0.25, 0.3) is 0 Å². The first kappa shape index (κ1) is 27.2. The number of anilines is 1. The number of aromatic nitrogens is 8. The summed E-state index contributed by atoms with van der Waals surface area (Å²) in [6, 6.07) is 0.234. The van der Waals surface area contributed by atoms with Crippen molar-refractivity contribution < 1.29 is 39.1 Å². The molecule has 0 amide bonds. The molecular formula is C19H27ClN9O8P. The third-order valence-corrected chi connectivity index (χ3v) is 8.48. The number of halogens is 1.